The smallest absolute Gasteiger partial charge is 0.238 e. The van der Waals surface area contributed by atoms with E-state index in [0.717, 1.165) is 23.7 Å². The fraction of sp³-hybridized carbons (Fsp3) is 0.107. The number of hydrogen-bond acceptors (Lipinski definition) is 6. The van der Waals surface area contributed by atoms with Crippen LogP contribution in [0.3, 0.4) is 0 Å². The SMILES string of the molecule is NS(=O)(=O)c1cccc(-c2cncnc2C(CNC(=O)Cc2c[nH]c3ccc(O)cc23)c2cc(F)cc(F)c2)c1. The van der Waals surface area contributed by atoms with Gasteiger partial charge >= 0.3 is 0 Å². The zero-order valence-corrected chi connectivity index (χ0v) is 21.6. The molecule has 2 heterocycles. The monoisotopic (exact) mass is 563 g/mol. The lowest BCUT2D eigenvalue weighted by Crippen LogP contribution is -2.30. The number of hydrogen-bond donors (Lipinski definition) is 4. The summed E-state index contributed by atoms with van der Waals surface area (Å²) in [5.74, 6) is -2.77. The average molecular weight is 564 g/mol. The van der Waals surface area contributed by atoms with E-state index in [1.807, 2.05) is 0 Å². The van der Waals surface area contributed by atoms with Crippen molar-refractivity contribution in [1.29, 1.82) is 0 Å². The molecule has 0 radical (unpaired) electrons. The van der Waals surface area contributed by atoms with Gasteiger partial charge in [-0.2, -0.15) is 0 Å². The largest absolute Gasteiger partial charge is 0.508 e. The maximum atomic E-state index is 14.3. The highest BCUT2D eigenvalue weighted by Gasteiger charge is 2.23. The predicted octanol–water partition coefficient (Wildman–Crippen LogP) is 3.75. The molecule has 12 heteroatoms. The van der Waals surface area contributed by atoms with Crippen molar-refractivity contribution in [3.05, 3.63) is 108 Å². The van der Waals surface area contributed by atoms with Gasteiger partial charge in [-0.3, -0.25) is 4.79 Å². The molecule has 204 valence electrons. The van der Waals surface area contributed by atoms with Crippen LogP contribution in [0.4, 0.5) is 8.78 Å². The number of aromatic hydroxyl groups is 1. The van der Waals surface area contributed by atoms with Crippen LogP contribution in [-0.2, 0) is 21.2 Å². The van der Waals surface area contributed by atoms with E-state index in [-0.39, 0.29) is 35.1 Å². The van der Waals surface area contributed by atoms with Gasteiger partial charge in [0.2, 0.25) is 15.9 Å². The summed E-state index contributed by atoms with van der Waals surface area (Å²) < 4.78 is 52.4. The van der Waals surface area contributed by atoms with Crippen LogP contribution >= 0.6 is 0 Å². The Morgan fingerprint density at radius 3 is 2.60 bits per heavy atom. The average Bonchev–Trinajstić information content (AvgIpc) is 3.29. The van der Waals surface area contributed by atoms with Crippen molar-refractivity contribution < 1.29 is 27.1 Å². The summed E-state index contributed by atoms with van der Waals surface area (Å²) in [6.07, 6.45) is 4.35. The Hall–Kier alpha value is -4.68. The first-order valence-corrected chi connectivity index (χ1v) is 13.6. The minimum absolute atomic E-state index is 0.0271. The number of carbonyl (C=O) groups excluding carboxylic acids is 1. The molecule has 1 unspecified atom stereocenters. The van der Waals surface area contributed by atoms with Crippen LogP contribution < -0.4 is 10.5 Å². The second-order valence-corrected chi connectivity index (χ2v) is 10.7. The van der Waals surface area contributed by atoms with E-state index in [4.69, 9.17) is 5.14 Å². The molecule has 3 aromatic carbocycles. The molecule has 9 nitrogen and oxygen atoms in total. The van der Waals surface area contributed by atoms with E-state index < -0.39 is 27.6 Å². The van der Waals surface area contributed by atoms with Crippen molar-refractivity contribution in [3.63, 3.8) is 0 Å². The van der Waals surface area contributed by atoms with Gasteiger partial charge in [0.25, 0.3) is 0 Å². The van der Waals surface area contributed by atoms with Crippen LogP contribution in [0.15, 0.2) is 84.3 Å². The Bertz CT molecular complexity index is 1820. The number of aromatic amines is 1. The number of aromatic nitrogens is 3. The molecule has 0 fully saturated rings. The number of H-pyrrole nitrogens is 1. The van der Waals surface area contributed by atoms with Crippen LogP contribution in [0.5, 0.6) is 5.75 Å². The van der Waals surface area contributed by atoms with E-state index in [1.54, 1.807) is 24.4 Å². The van der Waals surface area contributed by atoms with Gasteiger partial charge < -0.3 is 15.4 Å². The first-order valence-electron chi connectivity index (χ1n) is 12.0. The Morgan fingerprint density at radius 2 is 1.85 bits per heavy atom. The van der Waals surface area contributed by atoms with Crippen molar-refractivity contribution in [3.8, 4) is 16.9 Å². The maximum absolute atomic E-state index is 14.3. The maximum Gasteiger partial charge on any atom is 0.238 e. The standard InChI is InChI=1S/C28H23F2N5O4S/c29-19-6-17(7-20(30)10-19)25(14-34-27(37)9-18-12-33-26-5-4-21(36)11-23(18)26)28-24(13-32-15-35-28)16-2-1-3-22(8-16)40(31,38)39/h1-8,10-13,15,25,33,36H,9,14H2,(H,34,37)(H2,31,38,39). The predicted molar refractivity (Wildman–Crippen MR) is 144 cm³/mol. The van der Waals surface area contributed by atoms with Gasteiger partial charge in [0.05, 0.1) is 17.0 Å². The second-order valence-electron chi connectivity index (χ2n) is 9.17. The third kappa shape index (κ3) is 5.82. The highest BCUT2D eigenvalue weighted by atomic mass is 32.2. The Balaban J connectivity index is 1.50. The van der Waals surface area contributed by atoms with Gasteiger partial charge in [-0.25, -0.2) is 32.3 Å². The molecule has 5 rings (SSSR count). The highest BCUT2D eigenvalue weighted by molar-refractivity contribution is 7.89. The van der Waals surface area contributed by atoms with Crippen molar-refractivity contribution >= 4 is 26.8 Å². The number of nitrogens with zero attached hydrogens (tertiary/aromatic N) is 2. The number of rotatable bonds is 8. The molecule has 0 aliphatic rings. The number of amides is 1. The van der Waals surface area contributed by atoms with Crippen LogP contribution in [-0.4, -0.2) is 40.9 Å². The molecule has 0 bridgehead atoms. The van der Waals surface area contributed by atoms with Crippen molar-refractivity contribution in [2.45, 2.75) is 17.2 Å². The summed E-state index contributed by atoms with van der Waals surface area (Å²) >= 11 is 0. The molecular formula is C28H23F2N5O4S. The molecule has 0 aliphatic heterocycles. The van der Waals surface area contributed by atoms with Crippen LogP contribution in [0.2, 0.25) is 0 Å². The molecule has 5 N–H and O–H groups in total. The Labute approximate surface area is 227 Å². The lowest BCUT2D eigenvalue weighted by molar-refractivity contribution is -0.120. The van der Waals surface area contributed by atoms with Gasteiger partial charge in [0.1, 0.15) is 23.7 Å². The zero-order chi connectivity index (χ0) is 28.4. The van der Waals surface area contributed by atoms with Gasteiger partial charge in [0.15, 0.2) is 0 Å². The molecule has 2 aromatic heterocycles. The van der Waals surface area contributed by atoms with Gasteiger partial charge in [-0.05, 0) is 59.2 Å². The number of nitrogens with two attached hydrogens (primary N) is 1. The summed E-state index contributed by atoms with van der Waals surface area (Å²) in [4.78, 5) is 24.3. The van der Waals surface area contributed by atoms with E-state index in [1.165, 1.54) is 36.8 Å². The number of nitrogens with one attached hydrogen (secondary N) is 2. The number of primary sulfonamides is 1. The number of carbonyl (C=O) groups is 1. The summed E-state index contributed by atoms with van der Waals surface area (Å²) in [5, 5.41) is 18.6. The third-order valence-corrected chi connectivity index (χ3v) is 7.35. The lowest BCUT2D eigenvalue weighted by atomic mass is 9.90. The molecule has 40 heavy (non-hydrogen) atoms. The number of sulfonamides is 1. The Morgan fingerprint density at radius 1 is 1.07 bits per heavy atom. The molecule has 0 aliphatic carbocycles. The van der Waals surface area contributed by atoms with E-state index in [9.17, 15) is 27.1 Å². The van der Waals surface area contributed by atoms with Crippen LogP contribution in [0, 0.1) is 11.6 Å². The highest BCUT2D eigenvalue weighted by Crippen LogP contribution is 2.33. The first kappa shape index (κ1) is 26.9. The fourth-order valence-electron chi connectivity index (χ4n) is 4.59. The first-order chi connectivity index (χ1) is 19.1. The summed E-state index contributed by atoms with van der Waals surface area (Å²) in [6.45, 7) is -0.0891. The molecule has 0 saturated heterocycles. The van der Waals surface area contributed by atoms with E-state index in [0.29, 0.717) is 27.8 Å². The van der Waals surface area contributed by atoms with Crippen LogP contribution in [0.1, 0.15) is 22.7 Å². The number of fused-ring (bicyclic) bond motifs is 1. The van der Waals surface area contributed by atoms with E-state index in [2.05, 4.69) is 20.3 Å². The van der Waals surface area contributed by atoms with Gasteiger partial charge in [-0.1, -0.05) is 12.1 Å². The summed E-state index contributed by atoms with van der Waals surface area (Å²) in [5.41, 5.74) is 2.72. The normalized spacial score (nSPS) is 12.4. The molecule has 1 amide bonds. The van der Waals surface area contributed by atoms with Crippen molar-refractivity contribution in [2.24, 2.45) is 5.14 Å². The molecule has 0 saturated carbocycles. The number of benzene rings is 3. The number of phenolic OH excluding ortho intramolecular Hbond substituents is 1. The Kier molecular flexibility index (Phi) is 7.28. The second kappa shape index (κ2) is 10.8. The topological polar surface area (TPSA) is 151 Å². The third-order valence-electron chi connectivity index (χ3n) is 6.44. The zero-order valence-electron chi connectivity index (χ0n) is 20.8. The van der Waals surface area contributed by atoms with E-state index >= 15 is 0 Å². The van der Waals surface area contributed by atoms with Crippen molar-refractivity contribution in [2.75, 3.05) is 6.54 Å². The lowest BCUT2D eigenvalue weighted by Gasteiger charge is -2.21. The number of halogens is 2. The van der Waals surface area contributed by atoms with Crippen LogP contribution in [0.25, 0.3) is 22.0 Å². The summed E-state index contributed by atoms with van der Waals surface area (Å²) in [7, 11) is -4.01. The minimum Gasteiger partial charge on any atom is -0.508 e. The summed E-state index contributed by atoms with van der Waals surface area (Å²) in [6, 6.07) is 13.6. The minimum atomic E-state index is -4.01. The number of phenols is 1. The van der Waals surface area contributed by atoms with Crippen molar-refractivity contribution in [1.82, 2.24) is 20.3 Å². The fourth-order valence-corrected chi connectivity index (χ4v) is 5.15. The molecule has 5 aromatic rings. The molecular weight excluding hydrogens is 540 g/mol. The molecule has 1 atom stereocenters. The van der Waals surface area contributed by atoms with Gasteiger partial charge in [-0.15, -0.1) is 0 Å². The molecule has 0 spiro atoms. The quantitative estimate of drug-likeness (QED) is 0.226. The van der Waals surface area contributed by atoms with Gasteiger partial charge in [0, 0.05) is 47.4 Å².